The van der Waals surface area contributed by atoms with Gasteiger partial charge in [-0.05, 0) is 24.1 Å². The van der Waals surface area contributed by atoms with Crippen LogP contribution in [0.4, 0.5) is 0 Å². The van der Waals surface area contributed by atoms with Gasteiger partial charge < -0.3 is 8.94 Å². The second-order valence-corrected chi connectivity index (χ2v) is 7.43. The van der Waals surface area contributed by atoms with E-state index >= 15 is 0 Å². The number of hydrogen-bond acceptors (Lipinski definition) is 9. The Morgan fingerprint density at radius 2 is 2.17 bits per heavy atom. The lowest BCUT2D eigenvalue weighted by molar-refractivity contribution is -0.135. The standard InChI is InChI=1S/C18H13N5O5S/c24-13-4-2-10(16(25)20-13)23-11-7-9(1-3-12(11)27-18(23)26)8-14-21-15(22-28-14)17-19-5-6-29-17/h1,3,5-7,10H,2,4,8H2,(H,20,24,25). The first-order valence-corrected chi connectivity index (χ1v) is 9.66. The molecule has 1 aliphatic rings. The number of rotatable bonds is 4. The van der Waals surface area contributed by atoms with E-state index in [4.69, 9.17) is 8.94 Å². The van der Waals surface area contributed by atoms with Gasteiger partial charge in [0.1, 0.15) is 6.04 Å². The van der Waals surface area contributed by atoms with E-state index in [0.717, 1.165) is 5.56 Å². The van der Waals surface area contributed by atoms with E-state index in [1.807, 2.05) is 5.38 Å². The first kappa shape index (κ1) is 17.5. The average Bonchev–Trinajstić information content (AvgIpc) is 3.42. The minimum absolute atomic E-state index is 0.163. The minimum Gasteiger partial charge on any atom is -0.408 e. The second kappa shape index (κ2) is 6.78. The molecule has 1 unspecified atom stereocenters. The van der Waals surface area contributed by atoms with Crippen molar-refractivity contribution in [2.24, 2.45) is 0 Å². The van der Waals surface area contributed by atoms with Crippen LogP contribution in [0.1, 0.15) is 30.3 Å². The van der Waals surface area contributed by atoms with E-state index in [1.54, 1.807) is 24.4 Å². The molecule has 3 aromatic heterocycles. The van der Waals surface area contributed by atoms with Crippen LogP contribution in [0.15, 0.2) is 43.5 Å². The fourth-order valence-electron chi connectivity index (χ4n) is 3.33. The number of aromatic nitrogens is 4. The zero-order valence-electron chi connectivity index (χ0n) is 14.8. The van der Waals surface area contributed by atoms with Crippen LogP contribution in [0.5, 0.6) is 0 Å². The molecule has 1 N–H and O–H groups in total. The van der Waals surface area contributed by atoms with Crippen LogP contribution in [-0.4, -0.2) is 31.5 Å². The molecule has 2 amide bonds. The van der Waals surface area contributed by atoms with Gasteiger partial charge in [0.25, 0.3) is 0 Å². The Morgan fingerprint density at radius 1 is 1.28 bits per heavy atom. The SMILES string of the molecule is O=C1CCC(n2c(=O)oc3ccc(Cc4nc(-c5nccs5)no4)cc32)C(=O)N1. The maximum atomic E-state index is 12.4. The number of carbonyl (C=O) groups excluding carboxylic acids is 2. The van der Waals surface area contributed by atoms with Gasteiger partial charge in [0.2, 0.25) is 23.5 Å². The van der Waals surface area contributed by atoms with Crippen molar-refractivity contribution in [2.75, 3.05) is 0 Å². The largest absolute Gasteiger partial charge is 0.420 e. The van der Waals surface area contributed by atoms with Crippen molar-refractivity contribution in [3.8, 4) is 10.8 Å². The summed E-state index contributed by atoms with van der Waals surface area (Å²) in [4.78, 5) is 44.5. The monoisotopic (exact) mass is 411 g/mol. The maximum Gasteiger partial charge on any atom is 0.420 e. The smallest absolute Gasteiger partial charge is 0.408 e. The third kappa shape index (κ3) is 3.14. The van der Waals surface area contributed by atoms with Gasteiger partial charge in [0.15, 0.2) is 10.6 Å². The Morgan fingerprint density at radius 3 is 2.97 bits per heavy atom. The van der Waals surface area contributed by atoms with Crippen molar-refractivity contribution in [1.29, 1.82) is 0 Å². The van der Waals surface area contributed by atoms with Gasteiger partial charge in [-0.1, -0.05) is 11.2 Å². The molecule has 10 nitrogen and oxygen atoms in total. The first-order valence-electron chi connectivity index (χ1n) is 8.78. The first-order chi connectivity index (χ1) is 14.1. The third-order valence-corrected chi connectivity index (χ3v) is 5.41. The van der Waals surface area contributed by atoms with E-state index in [1.165, 1.54) is 15.9 Å². The van der Waals surface area contributed by atoms with Crippen molar-refractivity contribution < 1.29 is 18.5 Å². The molecule has 0 radical (unpaired) electrons. The van der Waals surface area contributed by atoms with Crippen LogP contribution >= 0.6 is 11.3 Å². The Balaban J connectivity index is 1.48. The van der Waals surface area contributed by atoms with E-state index in [0.29, 0.717) is 34.2 Å². The van der Waals surface area contributed by atoms with Gasteiger partial charge in [0.05, 0.1) is 11.9 Å². The lowest BCUT2D eigenvalue weighted by Gasteiger charge is -2.21. The van der Waals surface area contributed by atoms with Crippen LogP contribution in [0.2, 0.25) is 0 Å². The van der Waals surface area contributed by atoms with Crippen molar-refractivity contribution in [3.63, 3.8) is 0 Å². The summed E-state index contributed by atoms with van der Waals surface area (Å²) < 4.78 is 11.9. The van der Waals surface area contributed by atoms with Crippen molar-refractivity contribution in [1.82, 2.24) is 25.0 Å². The molecule has 0 bridgehead atoms. The van der Waals surface area contributed by atoms with Gasteiger partial charge in [-0.3, -0.25) is 19.5 Å². The quantitative estimate of drug-likeness (QED) is 0.501. The number of hydrogen-bond donors (Lipinski definition) is 1. The minimum atomic E-state index is -0.795. The molecule has 1 atom stereocenters. The molecule has 11 heteroatoms. The lowest BCUT2D eigenvalue weighted by atomic mass is 10.1. The fraction of sp³-hybridized carbons (Fsp3) is 0.222. The van der Waals surface area contributed by atoms with Crippen LogP contribution in [0.25, 0.3) is 21.9 Å². The molecular weight excluding hydrogens is 398 g/mol. The molecule has 5 rings (SSSR count). The van der Waals surface area contributed by atoms with E-state index < -0.39 is 17.7 Å². The molecule has 1 aliphatic heterocycles. The van der Waals surface area contributed by atoms with Crippen LogP contribution in [-0.2, 0) is 16.0 Å². The zero-order valence-corrected chi connectivity index (χ0v) is 15.6. The lowest BCUT2D eigenvalue weighted by Crippen LogP contribution is -2.43. The Hall–Kier alpha value is -3.60. The number of fused-ring (bicyclic) bond motifs is 1. The Bertz CT molecular complexity index is 1290. The second-order valence-electron chi connectivity index (χ2n) is 6.53. The predicted octanol–water partition coefficient (Wildman–Crippen LogP) is 1.67. The summed E-state index contributed by atoms with van der Waals surface area (Å²) in [5, 5.41) is 8.68. The number of thiazole rings is 1. The molecule has 1 saturated heterocycles. The molecule has 1 fully saturated rings. The molecule has 146 valence electrons. The molecule has 0 aliphatic carbocycles. The normalized spacial score (nSPS) is 17.0. The molecule has 4 heterocycles. The topological polar surface area (TPSA) is 133 Å². The van der Waals surface area contributed by atoms with Gasteiger partial charge >= 0.3 is 5.76 Å². The number of nitrogens with one attached hydrogen (secondary N) is 1. The number of nitrogens with zero attached hydrogens (tertiary/aromatic N) is 4. The van der Waals surface area contributed by atoms with Gasteiger partial charge in [0, 0.05) is 18.0 Å². The molecule has 4 aromatic rings. The molecule has 1 aromatic carbocycles. The van der Waals surface area contributed by atoms with Gasteiger partial charge in [-0.2, -0.15) is 4.98 Å². The number of imide groups is 1. The third-order valence-electron chi connectivity index (χ3n) is 4.65. The molecule has 29 heavy (non-hydrogen) atoms. The van der Waals surface area contributed by atoms with Crippen molar-refractivity contribution >= 4 is 34.3 Å². The van der Waals surface area contributed by atoms with E-state index in [-0.39, 0.29) is 18.7 Å². The number of oxazole rings is 1. The highest BCUT2D eigenvalue weighted by Crippen LogP contribution is 2.25. The fourth-order valence-corrected chi connectivity index (χ4v) is 3.90. The summed E-state index contributed by atoms with van der Waals surface area (Å²) >= 11 is 1.41. The number of benzene rings is 1. The van der Waals surface area contributed by atoms with E-state index in [2.05, 4.69) is 20.4 Å². The number of piperidine rings is 1. The number of carbonyl (C=O) groups is 2. The highest BCUT2D eigenvalue weighted by Gasteiger charge is 2.31. The number of amides is 2. The molecule has 0 saturated carbocycles. The zero-order chi connectivity index (χ0) is 20.0. The van der Waals surface area contributed by atoms with Crippen LogP contribution in [0, 0.1) is 0 Å². The molecule has 0 spiro atoms. The maximum absolute atomic E-state index is 12.4. The Labute approximate surface area is 166 Å². The summed E-state index contributed by atoms with van der Waals surface area (Å²) in [6, 6.07) is 4.40. The van der Waals surface area contributed by atoms with Crippen molar-refractivity contribution in [2.45, 2.75) is 25.3 Å². The van der Waals surface area contributed by atoms with Crippen molar-refractivity contribution in [3.05, 3.63) is 51.8 Å². The molecular formula is C18H13N5O5S. The summed E-state index contributed by atoms with van der Waals surface area (Å²) in [5.74, 6) is -0.690. The summed E-state index contributed by atoms with van der Waals surface area (Å²) in [6.07, 6.45) is 2.40. The van der Waals surface area contributed by atoms with Crippen LogP contribution in [0.3, 0.4) is 0 Å². The highest BCUT2D eigenvalue weighted by molar-refractivity contribution is 7.12. The average molecular weight is 411 g/mol. The summed E-state index contributed by atoms with van der Waals surface area (Å²) in [7, 11) is 0. The van der Waals surface area contributed by atoms with Gasteiger partial charge in [-0.25, -0.2) is 9.78 Å². The Kier molecular flexibility index (Phi) is 4.09. The summed E-state index contributed by atoms with van der Waals surface area (Å²) in [5.41, 5.74) is 1.63. The summed E-state index contributed by atoms with van der Waals surface area (Å²) in [6.45, 7) is 0. The highest BCUT2D eigenvalue weighted by atomic mass is 32.1. The van der Waals surface area contributed by atoms with Gasteiger partial charge in [-0.15, -0.1) is 11.3 Å². The van der Waals surface area contributed by atoms with Crippen LogP contribution < -0.4 is 11.1 Å². The predicted molar refractivity (Wildman–Crippen MR) is 100 cm³/mol. The van der Waals surface area contributed by atoms with E-state index in [9.17, 15) is 14.4 Å².